The lowest BCUT2D eigenvalue weighted by molar-refractivity contribution is 0.953. The van der Waals surface area contributed by atoms with E-state index in [1.54, 1.807) is 18.6 Å². The molecule has 1 aliphatic heterocycles. The first kappa shape index (κ1) is 6.97. The number of nitrogens with zero attached hydrogens (tertiary/aromatic N) is 4. The van der Waals surface area contributed by atoms with Crippen molar-refractivity contribution in [1.29, 1.82) is 0 Å². The van der Waals surface area contributed by atoms with E-state index in [2.05, 4.69) is 15.0 Å². The first-order valence-electron chi connectivity index (χ1n) is 3.65. The van der Waals surface area contributed by atoms with E-state index in [-0.39, 0.29) is 0 Å². The Bertz CT molecular complexity index is 304. The van der Waals surface area contributed by atoms with Crippen molar-refractivity contribution < 1.29 is 0 Å². The van der Waals surface area contributed by atoms with Gasteiger partial charge in [0.05, 0.1) is 18.1 Å². The standard InChI is InChI=1S/C8H8N4/c1-2-9-7-12(3-1)8-4-10-6-11-5-8/h1-6H,7H2. The molecular weight excluding hydrogens is 152 g/mol. The molecule has 0 aromatic carbocycles. The highest BCUT2D eigenvalue weighted by Gasteiger charge is 2.02. The SMILES string of the molecule is C1=CN(c2cncnc2)CN=C1. The van der Waals surface area contributed by atoms with E-state index in [1.165, 1.54) is 6.33 Å². The molecule has 4 heteroatoms. The number of rotatable bonds is 1. The fraction of sp³-hybridized carbons (Fsp3) is 0.125. The summed E-state index contributed by atoms with van der Waals surface area (Å²) >= 11 is 0. The minimum Gasteiger partial charge on any atom is -0.325 e. The molecule has 0 aliphatic carbocycles. The number of hydrogen-bond acceptors (Lipinski definition) is 4. The third kappa shape index (κ3) is 1.32. The molecule has 12 heavy (non-hydrogen) atoms. The molecule has 1 aromatic heterocycles. The van der Waals surface area contributed by atoms with Crippen LogP contribution < -0.4 is 4.90 Å². The molecule has 0 bridgehead atoms. The highest BCUT2D eigenvalue weighted by molar-refractivity contribution is 5.73. The van der Waals surface area contributed by atoms with Gasteiger partial charge in [0, 0.05) is 12.4 Å². The van der Waals surface area contributed by atoms with E-state index in [9.17, 15) is 0 Å². The van der Waals surface area contributed by atoms with Gasteiger partial charge in [-0.15, -0.1) is 0 Å². The van der Waals surface area contributed by atoms with Crippen LogP contribution in [-0.2, 0) is 0 Å². The van der Waals surface area contributed by atoms with Gasteiger partial charge in [-0.3, -0.25) is 4.99 Å². The maximum absolute atomic E-state index is 4.09. The molecule has 1 aromatic rings. The molecule has 2 heterocycles. The zero-order valence-corrected chi connectivity index (χ0v) is 6.46. The lowest BCUT2D eigenvalue weighted by atomic mass is 10.4. The molecule has 0 atom stereocenters. The van der Waals surface area contributed by atoms with Gasteiger partial charge in [0.2, 0.25) is 0 Å². The second-order valence-corrected chi connectivity index (χ2v) is 2.38. The summed E-state index contributed by atoms with van der Waals surface area (Å²) in [6.45, 7) is 0.643. The van der Waals surface area contributed by atoms with Gasteiger partial charge in [-0.25, -0.2) is 9.97 Å². The van der Waals surface area contributed by atoms with Crippen molar-refractivity contribution in [2.45, 2.75) is 0 Å². The predicted octanol–water partition coefficient (Wildman–Crippen LogP) is 0.839. The molecule has 0 spiro atoms. The van der Waals surface area contributed by atoms with Gasteiger partial charge >= 0.3 is 0 Å². The highest BCUT2D eigenvalue weighted by Crippen LogP contribution is 2.11. The van der Waals surface area contributed by atoms with Crippen LogP contribution >= 0.6 is 0 Å². The molecule has 0 radical (unpaired) electrons. The summed E-state index contributed by atoms with van der Waals surface area (Å²) < 4.78 is 0. The second kappa shape index (κ2) is 3.13. The Morgan fingerprint density at radius 2 is 2.08 bits per heavy atom. The van der Waals surface area contributed by atoms with Crippen LogP contribution in [0.15, 0.2) is 36.0 Å². The van der Waals surface area contributed by atoms with Gasteiger partial charge in [0.15, 0.2) is 0 Å². The molecule has 0 N–H and O–H groups in total. The third-order valence-corrected chi connectivity index (χ3v) is 1.57. The van der Waals surface area contributed by atoms with Crippen LogP contribution in [0.4, 0.5) is 5.69 Å². The molecule has 60 valence electrons. The van der Waals surface area contributed by atoms with Crippen molar-refractivity contribution in [1.82, 2.24) is 9.97 Å². The van der Waals surface area contributed by atoms with Crippen LogP contribution in [0.3, 0.4) is 0 Å². The van der Waals surface area contributed by atoms with E-state index in [0.29, 0.717) is 6.67 Å². The highest BCUT2D eigenvalue weighted by atomic mass is 15.2. The van der Waals surface area contributed by atoms with Crippen LogP contribution in [-0.4, -0.2) is 22.9 Å². The molecular formula is C8H8N4. The summed E-state index contributed by atoms with van der Waals surface area (Å²) in [6, 6.07) is 0. The van der Waals surface area contributed by atoms with Gasteiger partial charge in [-0.05, 0) is 6.08 Å². The molecule has 0 saturated heterocycles. The monoisotopic (exact) mass is 160 g/mol. The van der Waals surface area contributed by atoms with Gasteiger partial charge in [0.25, 0.3) is 0 Å². The Kier molecular flexibility index (Phi) is 1.82. The minimum atomic E-state index is 0.643. The zero-order chi connectivity index (χ0) is 8.23. The lowest BCUT2D eigenvalue weighted by Gasteiger charge is -2.18. The minimum absolute atomic E-state index is 0.643. The van der Waals surface area contributed by atoms with Crippen LogP contribution in [0.5, 0.6) is 0 Å². The molecule has 1 aliphatic rings. The second-order valence-electron chi connectivity index (χ2n) is 2.38. The summed E-state index contributed by atoms with van der Waals surface area (Å²) in [5.74, 6) is 0. The van der Waals surface area contributed by atoms with E-state index >= 15 is 0 Å². The van der Waals surface area contributed by atoms with Crippen LogP contribution in [0.25, 0.3) is 0 Å². The molecule has 0 fully saturated rings. The third-order valence-electron chi connectivity index (χ3n) is 1.57. The fourth-order valence-corrected chi connectivity index (χ4v) is 0.993. The number of allylic oxidation sites excluding steroid dienone is 1. The maximum Gasteiger partial charge on any atom is 0.115 e. The lowest BCUT2D eigenvalue weighted by Crippen LogP contribution is -2.18. The summed E-state index contributed by atoms with van der Waals surface area (Å²) in [6.07, 6.45) is 10.7. The van der Waals surface area contributed by atoms with Crippen LogP contribution in [0, 0.1) is 0 Å². The number of anilines is 1. The Hall–Kier alpha value is -1.71. The summed E-state index contributed by atoms with van der Waals surface area (Å²) in [4.78, 5) is 13.9. The van der Waals surface area contributed by atoms with Crippen molar-refractivity contribution in [3.05, 3.63) is 31.0 Å². The van der Waals surface area contributed by atoms with E-state index < -0.39 is 0 Å². The molecule has 4 nitrogen and oxygen atoms in total. The van der Waals surface area contributed by atoms with Gasteiger partial charge in [0.1, 0.15) is 13.0 Å². The number of aromatic nitrogens is 2. The summed E-state index contributed by atoms with van der Waals surface area (Å²) in [5, 5.41) is 0. The summed E-state index contributed by atoms with van der Waals surface area (Å²) in [5.41, 5.74) is 0.964. The molecule has 0 amide bonds. The number of aliphatic imine (C=N–C) groups is 1. The predicted molar refractivity (Wildman–Crippen MR) is 47.0 cm³/mol. The Balaban J connectivity index is 2.21. The van der Waals surface area contributed by atoms with Gasteiger partial charge in [-0.1, -0.05) is 0 Å². The zero-order valence-electron chi connectivity index (χ0n) is 6.46. The molecule has 0 unspecified atom stereocenters. The quantitative estimate of drug-likeness (QED) is 0.611. The topological polar surface area (TPSA) is 41.4 Å². The van der Waals surface area contributed by atoms with Crippen molar-refractivity contribution in [2.75, 3.05) is 11.6 Å². The largest absolute Gasteiger partial charge is 0.325 e. The first-order chi connectivity index (χ1) is 5.97. The smallest absolute Gasteiger partial charge is 0.115 e. The van der Waals surface area contributed by atoms with Gasteiger partial charge in [-0.2, -0.15) is 0 Å². The van der Waals surface area contributed by atoms with Crippen molar-refractivity contribution in [3.8, 4) is 0 Å². The summed E-state index contributed by atoms with van der Waals surface area (Å²) in [7, 11) is 0. The average Bonchev–Trinajstić information content (AvgIpc) is 2.21. The number of hydrogen-bond donors (Lipinski definition) is 0. The maximum atomic E-state index is 4.09. The Morgan fingerprint density at radius 1 is 1.25 bits per heavy atom. The molecule has 2 rings (SSSR count). The molecule has 0 saturated carbocycles. The van der Waals surface area contributed by atoms with E-state index in [0.717, 1.165) is 5.69 Å². The van der Waals surface area contributed by atoms with Crippen LogP contribution in [0.2, 0.25) is 0 Å². The average molecular weight is 160 g/mol. The Morgan fingerprint density at radius 3 is 2.75 bits per heavy atom. The van der Waals surface area contributed by atoms with Crippen molar-refractivity contribution in [3.63, 3.8) is 0 Å². The van der Waals surface area contributed by atoms with E-state index in [4.69, 9.17) is 0 Å². The van der Waals surface area contributed by atoms with E-state index in [1.807, 2.05) is 17.2 Å². The Labute approximate surface area is 70.3 Å². The van der Waals surface area contributed by atoms with Crippen molar-refractivity contribution >= 4 is 11.9 Å². The first-order valence-corrected chi connectivity index (χ1v) is 3.65. The fourth-order valence-electron chi connectivity index (χ4n) is 0.993. The van der Waals surface area contributed by atoms with Crippen LogP contribution in [0.1, 0.15) is 0 Å². The normalized spacial score (nSPS) is 15.2. The van der Waals surface area contributed by atoms with Gasteiger partial charge < -0.3 is 4.90 Å². The van der Waals surface area contributed by atoms with Crippen molar-refractivity contribution in [2.24, 2.45) is 4.99 Å².